The minimum atomic E-state index is -0.321. The molecule has 1 rings (SSSR count). The molecule has 0 saturated carbocycles. The Bertz CT molecular complexity index is 287. The SMILES string of the molecule is CCCCN(C)P(c1ccccc1)N(C)C. The van der Waals surface area contributed by atoms with E-state index in [2.05, 4.69) is 67.7 Å². The van der Waals surface area contributed by atoms with E-state index in [9.17, 15) is 0 Å². The molecule has 1 unspecified atom stereocenters. The molecule has 1 atom stereocenters. The zero-order chi connectivity index (χ0) is 12.0. The summed E-state index contributed by atoms with van der Waals surface area (Å²) in [5.41, 5.74) is 0. The molecule has 0 saturated heterocycles. The fourth-order valence-corrected chi connectivity index (χ4v) is 4.01. The van der Waals surface area contributed by atoms with Crippen LogP contribution in [0.4, 0.5) is 0 Å². The van der Waals surface area contributed by atoms with Gasteiger partial charge in [0.1, 0.15) is 0 Å². The molecular formula is C13H23N2P. The predicted molar refractivity (Wildman–Crippen MR) is 74.2 cm³/mol. The zero-order valence-corrected chi connectivity index (χ0v) is 11.7. The smallest absolute Gasteiger partial charge is 0.0716 e. The number of benzene rings is 1. The summed E-state index contributed by atoms with van der Waals surface area (Å²) in [6, 6.07) is 10.8. The molecule has 2 nitrogen and oxygen atoms in total. The first-order chi connectivity index (χ1) is 7.66. The van der Waals surface area contributed by atoms with Gasteiger partial charge in [0.05, 0.1) is 8.22 Å². The van der Waals surface area contributed by atoms with E-state index in [0.717, 1.165) is 0 Å². The second-order valence-corrected chi connectivity index (χ2v) is 6.79. The number of hydrogen-bond acceptors (Lipinski definition) is 2. The van der Waals surface area contributed by atoms with E-state index >= 15 is 0 Å². The molecule has 0 heterocycles. The summed E-state index contributed by atoms with van der Waals surface area (Å²) < 4.78 is 4.81. The highest BCUT2D eigenvalue weighted by molar-refractivity contribution is 7.60. The van der Waals surface area contributed by atoms with Crippen molar-refractivity contribution in [2.24, 2.45) is 0 Å². The highest BCUT2D eigenvalue weighted by Gasteiger charge is 2.18. The van der Waals surface area contributed by atoms with Crippen molar-refractivity contribution in [1.29, 1.82) is 0 Å². The molecule has 0 aromatic heterocycles. The minimum absolute atomic E-state index is 0.321. The second kappa shape index (κ2) is 7.01. The molecule has 1 aromatic carbocycles. The van der Waals surface area contributed by atoms with Crippen LogP contribution in [0.1, 0.15) is 19.8 Å². The average molecular weight is 238 g/mol. The Morgan fingerprint density at radius 1 is 1.06 bits per heavy atom. The Labute approximate surface area is 101 Å². The molecule has 0 N–H and O–H groups in total. The standard InChI is InChI=1S/C13H23N2P/c1-5-6-12-15(4)16(14(2)3)13-10-8-7-9-11-13/h7-11H,5-6,12H2,1-4H3. The summed E-state index contributed by atoms with van der Waals surface area (Å²) in [6.45, 7) is 3.42. The molecular weight excluding hydrogens is 215 g/mol. The molecule has 16 heavy (non-hydrogen) atoms. The van der Waals surface area contributed by atoms with E-state index in [0.29, 0.717) is 0 Å². The summed E-state index contributed by atoms with van der Waals surface area (Å²) in [5, 5.41) is 1.43. The van der Waals surface area contributed by atoms with E-state index in [-0.39, 0.29) is 8.22 Å². The molecule has 3 heteroatoms. The van der Waals surface area contributed by atoms with Crippen molar-refractivity contribution in [3.05, 3.63) is 30.3 Å². The second-order valence-electron chi connectivity index (χ2n) is 4.21. The first kappa shape index (κ1) is 13.6. The number of hydrogen-bond donors (Lipinski definition) is 0. The van der Waals surface area contributed by atoms with Crippen LogP contribution in [0, 0.1) is 0 Å². The van der Waals surface area contributed by atoms with Crippen LogP contribution in [-0.2, 0) is 0 Å². The van der Waals surface area contributed by atoms with E-state index in [1.807, 2.05) is 0 Å². The van der Waals surface area contributed by atoms with Crippen LogP contribution in [0.15, 0.2) is 30.3 Å². The van der Waals surface area contributed by atoms with Crippen LogP contribution in [0.5, 0.6) is 0 Å². The lowest BCUT2D eigenvalue weighted by molar-refractivity contribution is 0.490. The van der Waals surface area contributed by atoms with Crippen LogP contribution in [0.3, 0.4) is 0 Å². The van der Waals surface area contributed by atoms with E-state index in [4.69, 9.17) is 0 Å². The summed E-state index contributed by atoms with van der Waals surface area (Å²) in [6.07, 6.45) is 2.53. The van der Waals surface area contributed by atoms with Crippen LogP contribution in [-0.4, -0.2) is 37.0 Å². The summed E-state index contributed by atoms with van der Waals surface area (Å²) in [4.78, 5) is 0. The summed E-state index contributed by atoms with van der Waals surface area (Å²) >= 11 is 0. The van der Waals surface area contributed by atoms with Gasteiger partial charge in [0.15, 0.2) is 0 Å². The van der Waals surface area contributed by atoms with Crippen molar-refractivity contribution >= 4 is 13.5 Å². The molecule has 0 aliphatic rings. The lowest BCUT2D eigenvalue weighted by Crippen LogP contribution is -2.27. The van der Waals surface area contributed by atoms with Crippen molar-refractivity contribution in [2.75, 3.05) is 27.7 Å². The molecule has 0 aliphatic heterocycles. The fourth-order valence-electron chi connectivity index (χ4n) is 1.78. The first-order valence-electron chi connectivity index (χ1n) is 5.90. The van der Waals surface area contributed by atoms with Gasteiger partial charge in [-0.2, -0.15) is 0 Å². The molecule has 0 spiro atoms. The Morgan fingerprint density at radius 2 is 1.69 bits per heavy atom. The third-order valence-corrected chi connectivity index (χ3v) is 4.89. The van der Waals surface area contributed by atoms with Gasteiger partial charge in [0, 0.05) is 11.8 Å². The zero-order valence-electron chi connectivity index (χ0n) is 10.8. The molecule has 1 aromatic rings. The Hall–Kier alpha value is -0.430. The van der Waals surface area contributed by atoms with Crippen LogP contribution < -0.4 is 5.30 Å². The molecule has 0 amide bonds. The molecule has 0 fully saturated rings. The molecule has 0 radical (unpaired) electrons. The highest BCUT2D eigenvalue weighted by Crippen LogP contribution is 2.39. The van der Waals surface area contributed by atoms with Gasteiger partial charge in [-0.25, -0.2) is 0 Å². The number of unbranched alkanes of at least 4 members (excludes halogenated alkanes) is 1. The third kappa shape index (κ3) is 3.86. The van der Waals surface area contributed by atoms with Crippen LogP contribution in [0.25, 0.3) is 0 Å². The van der Waals surface area contributed by atoms with Crippen molar-refractivity contribution in [3.63, 3.8) is 0 Å². The minimum Gasteiger partial charge on any atom is -0.272 e. The van der Waals surface area contributed by atoms with Crippen LogP contribution >= 0.6 is 8.22 Å². The quantitative estimate of drug-likeness (QED) is 0.703. The van der Waals surface area contributed by atoms with E-state index in [1.165, 1.54) is 24.7 Å². The molecule has 90 valence electrons. The van der Waals surface area contributed by atoms with Crippen molar-refractivity contribution < 1.29 is 0 Å². The topological polar surface area (TPSA) is 6.48 Å². The normalized spacial score (nSPS) is 13.4. The monoisotopic (exact) mass is 238 g/mol. The first-order valence-corrected chi connectivity index (χ1v) is 7.15. The number of rotatable bonds is 6. The Morgan fingerprint density at radius 3 is 2.19 bits per heavy atom. The van der Waals surface area contributed by atoms with Crippen LogP contribution in [0.2, 0.25) is 0 Å². The fraction of sp³-hybridized carbons (Fsp3) is 0.538. The summed E-state index contributed by atoms with van der Waals surface area (Å²) in [5.74, 6) is 0. The van der Waals surface area contributed by atoms with Gasteiger partial charge < -0.3 is 0 Å². The van der Waals surface area contributed by atoms with Gasteiger partial charge in [0.2, 0.25) is 0 Å². The highest BCUT2D eigenvalue weighted by atomic mass is 31.1. The average Bonchev–Trinajstić information content (AvgIpc) is 2.27. The van der Waals surface area contributed by atoms with Crippen molar-refractivity contribution in [2.45, 2.75) is 19.8 Å². The van der Waals surface area contributed by atoms with Gasteiger partial charge >= 0.3 is 0 Å². The van der Waals surface area contributed by atoms with Gasteiger partial charge in [-0.1, -0.05) is 43.7 Å². The maximum absolute atomic E-state index is 2.48. The lowest BCUT2D eigenvalue weighted by atomic mass is 10.3. The Kier molecular flexibility index (Phi) is 5.97. The van der Waals surface area contributed by atoms with E-state index in [1.54, 1.807) is 0 Å². The molecule has 0 aliphatic carbocycles. The van der Waals surface area contributed by atoms with Crippen molar-refractivity contribution in [3.8, 4) is 0 Å². The van der Waals surface area contributed by atoms with Gasteiger partial charge in [-0.05, 0) is 27.6 Å². The van der Waals surface area contributed by atoms with Gasteiger partial charge in [-0.3, -0.25) is 9.34 Å². The predicted octanol–water partition coefficient (Wildman–Crippen LogP) is 2.92. The lowest BCUT2D eigenvalue weighted by Gasteiger charge is -2.33. The Balaban J connectivity index is 2.75. The van der Waals surface area contributed by atoms with Gasteiger partial charge in [-0.15, -0.1) is 0 Å². The van der Waals surface area contributed by atoms with Gasteiger partial charge in [0.25, 0.3) is 0 Å². The van der Waals surface area contributed by atoms with Crippen molar-refractivity contribution in [1.82, 2.24) is 9.34 Å². The maximum Gasteiger partial charge on any atom is 0.0716 e. The maximum atomic E-state index is 2.48. The number of nitrogens with zero attached hydrogens (tertiary/aromatic N) is 2. The molecule has 0 bridgehead atoms. The summed E-state index contributed by atoms with van der Waals surface area (Å²) in [7, 11) is 6.25. The third-order valence-electron chi connectivity index (χ3n) is 2.52. The van der Waals surface area contributed by atoms with E-state index < -0.39 is 0 Å². The largest absolute Gasteiger partial charge is 0.272 e.